The average molecular weight is 347 g/mol. The highest BCUT2D eigenvalue weighted by Gasteiger charge is 2.14. The van der Waals surface area contributed by atoms with Gasteiger partial charge in [-0.15, -0.1) is 0 Å². The normalized spacial score (nSPS) is 10.6. The molecule has 1 aromatic heterocycles. The molecule has 2 aromatic carbocycles. The van der Waals surface area contributed by atoms with Crippen molar-refractivity contribution < 1.29 is 9.53 Å². The number of halogens is 2. The first-order valence-electron chi connectivity index (χ1n) is 6.78. The Kier molecular flexibility index (Phi) is 4.37. The van der Waals surface area contributed by atoms with Crippen LogP contribution >= 0.6 is 23.2 Å². The van der Waals surface area contributed by atoms with Gasteiger partial charge in [-0.2, -0.15) is 0 Å². The molecule has 0 bridgehead atoms. The lowest BCUT2D eigenvalue weighted by atomic mass is 10.1. The zero-order chi connectivity index (χ0) is 16.4. The lowest BCUT2D eigenvalue weighted by Gasteiger charge is -2.10. The molecule has 1 N–H and O–H groups in total. The zero-order valence-electron chi connectivity index (χ0n) is 12.1. The highest BCUT2D eigenvalue weighted by molar-refractivity contribution is 6.37. The summed E-state index contributed by atoms with van der Waals surface area (Å²) in [4.78, 5) is 16.8. The summed E-state index contributed by atoms with van der Waals surface area (Å²) in [7, 11) is 1.47. The lowest BCUT2D eigenvalue weighted by molar-refractivity contribution is 0.102. The van der Waals surface area contributed by atoms with E-state index in [4.69, 9.17) is 27.9 Å². The van der Waals surface area contributed by atoms with Gasteiger partial charge >= 0.3 is 0 Å². The van der Waals surface area contributed by atoms with Gasteiger partial charge < -0.3 is 10.1 Å². The molecule has 0 aliphatic heterocycles. The van der Waals surface area contributed by atoms with Crippen LogP contribution in [0.4, 0.5) is 5.69 Å². The van der Waals surface area contributed by atoms with Crippen LogP contribution in [0, 0.1) is 0 Å². The Bertz CT molecular complexity index is 868. The van der Waals surface area contributed by atoms with Crippen LogP contribution in [0.15, 0.2) is 48.7 Å². The van der Waals surface area contributed by atoms with Crippen molar-refractivity contribution >= 4 is 45.7 Å². The molecule has 116 valence electrons. The number of benzene rings is 2. The van der Waals surface area contributed by atoms with Crippen LogP contribution in [0.1, 0.15) is 10.4 Å². The number of methoxy groups -OCH3 is 1. The third-order valence-corrected chi connectivity index (χ3v) is 3.91. The van der Waals surface area contributed by atoms with Gasteiger partial charge in [0.15, 0.2) is 5.75 Å². The molecule has 0 atom stereocenters. The maximum atomic E-state index is 12.5. The average Bonchev–Trinajstić information content (AvgIpc) is 2.55. The topological polar surface area (TPSA) is 51.2 Å². The van der Waals surface area contributed by atoms with Crippen LogP contribution in [0.3, 0.4) is 0 Å². The second kappa shape index (κ2) is 6.44. The molecule has 0 radical (unpaired) electrons. The number of pyridine rings is 1. The van der Waals surface area contributed by atoms with Crippen molar-refractivity contribution in [3.63, 3.8) is 0 Å². The first-order chi connectivity index (χ1) is 11.1. The monoisotopic (exact) mass is 346 g/mol. The van der Waals surface area contributed by atoms with Crippen LogP contribution in [0.5, 0.6) is 5.75 Å². The van der Waals surface area contributed by atoms with Gasteiger partial charge in [0.25, 0.3) is 5.91 Å². The number of aromatic nitrogens is 1. The van der Waals surface area contributed by atoms with Crippen molar-refractivity contribution in [2.45, 2.75) is 0 Å². The molecular weight excluding hydrogens is 335 g/mol. The number of amides is 1. The maximum absolute atomic E-state index is 12.5. The van der Waals surface area contributed by atoms with Gasteiger partial charge in [-0.05, 0) is 24.3 Å². The molecule has 0 fully saturated rings. The fraction of sp³-hybridized carbons (Fsp3) is 0.0588. The van der Waals surface area contributed by atoms with E-state index in [2.05, 4.69) is 10.3 Å². The molecule has 3 rings (SSSR count). The van der Waals surface area contributed by atoms with Gasteiger partial charge in [-0.1, -0.05) is 41.4 Å². The van der Waals surface area contributed by atoms with E-state index in [0.29, 0.717) is 22.5 Å². The molecule has 0 saturated heterocycles. The summed E-state index contributed by atoms with van der Waals surface area (Å²) in [5, 5.41) is 4.33. The Hall–Kier alpha value is -2.30. The first-order valence-corrected chi connectivity index (χ1v) is 7.54. The summed E-state index contributed by atoms with van der Waals surface area (Å²) in [5.41, 5.74) is 1.68. The van der Waals surface area contributed by atoms with Crippen molar-refractivity contribution in [2.24, 2.45) is 0 Å². The quantitative estimate of drug-likeness (QED) is 0.740. The minimum atomic E-state index is -0.324. The highest BCUT2D eigenvalue weighted by Crippen LogP contribution is 2.34. The molecular formula is C17H12Cl2N2O2. The Morgan fingerprint density at radius 3 is 2.52 bits per heavy atom. The minimum Gasteiger partial charge on any atom is -0.494 e. The Morgan fingerprint density at radius 2 is 1.83 bits per heavy atom. The predicted molar refractivity (Wildman–Crippen MR) is 92.7 cm³/mol. The SMILES string of the molecule is COc1c(Cl)cc(C(=O)Nc2cccc3cccnc23)cc1Cl. The van der Waals surface area contributed by atoms with Gasteiger partial charge in [0.05, 0.1) is 28.4 Å². The largest absolute Gasteiger partial charge is 0.494 e. The predicted octanol–water partition coefficient (Wildman–Crippen LogP) is 4.80. The first kappa shape index (κ1) is 15.6. The molecule has 0 aliphatic rings. The second-order valence-corrected chi connectivity index (χ2v) is 5.62. The Labute approximate surface area is 143 Å². The van der Waals surface area contributed by atoms with E-state index < -0.39 is 0 Å². The van der Waals surface area contributed by atoms with E-state index >= 15 is 0 Å². The van der Waals surface area contributed by atoms with Crippen molar-refractivity contribution in [1.29, 1.82) is 0 Å². The van der Waals surface area contributed by atoms with Gasteiger partial charge in [0.1, 0.15) is 0 Å². The van der Waals surface area contributed by atoms with Crippen LogP contribution in [0.25, 0.3) is 10.9 Å². The molecule has 3 aromatic rings. The van der Waals surface area contributed by atoms with Crippen LogP contribution in [0.2, 0.25) is 10.0 Å². The number of fused-ring (bicyclic) bond motifs is 1. The summed E-state index contributed by atoms with van der Waals surface area (Å²) in [6.07, 6.45) is 1.68. The standard InChI is InChI=1S/C17H12Cl2N2O2/c1-23-16-12(18)8-11(9-13(16)19)17(22)21-14-6-2-4-10-5-3-7-20-15(10)14/h2-9H,1H3,(H,21,22). The summed E-state index contributed by atoms with van der Waals surface area (Å²) < 4.78 is 5.08. The number of nitrogens with one attached hydrogen (secondary N) is 1. The van der Waals surface area contributed by atoms with E-state index in [1.165, 1.54) is 19.2 Å². The molecule has 0 saturated carbocycles. The third-order valence-electron chi connectivity index (χ3n) is 3.35. The van der Waals surface area contributed by atoms with Crippen molar-refractivity contribution in [2.75, 3.05) is 12.4 Å². The van der Waals surface area contributed by atoms with Crippen molar-refractivity contribution in [3.8, 4) is 5.75 Å². The second-order valence-electron chi connectivity index (χ2n) is 4.81. The van der Waals surface area contributed by atoms with E-state index in [1.54, 1.807) is 12.3 Å². The molecule has 0 spiro atoms. The van der Waals surface area contributed by atoms with Gasteiger partial charge in [0, 0.05) is 17.1 Å². The Balaban J connectivity index is 1.95. The lowest BCUT2D eigenvalue weighted by Crippen LogP contribution is -2.12. The van der Waals surface area contributed by atoms with Crippen molar-refractivity contribution in [1.82, 2.24) is 4.98 Å². The summed E-state index contributed by atoms with van der Waals surface area (Å²) in [5.74, 6) is 0.0197. The summed E-state index contributed by atoms with van der Waals surface area (Å²) in [6.45, 7) is 0. The van der Waals surface area contributed by atoms with E-state index in [0.717, 1.165) is 5.39 Å². The van der Waals surface area contributed by atoms with Crippen LogP contribution in [-0.2, 0) is 0 Å². The van der Waals surface area contributed by atoms with Crippen molar-refractivity contribution in [3.05, 3.63) is 64.3 Å². The number of hydrogen-bond acceptors (Lipinski definition) is 3. The number of carbonyl (C=O) groups is 1. The molecule has 1 amide bonds. The number of carbonyl (C=O) groups excluding carboxylic acids is 1. The fourth-order valence-corrected chi connectivity index (χ4v) is 2.93. The number of rotatable bonds is 3. The maximum Gasteiger partial charge on any atom is 0.255 e. The fourth-order valence-electron chi connectivity index (χ4n) is 2.29. The molecule has 1 heterocycles. The number of nitrogens with zero attached hydrogens (tertiary/aromatic N) is 1. The van der Waals surface area contributed by atoms with E-state index in [-0.39, 0.29) is 16.0 Å². The van der Waals surface area contributed by atoms with E-state index in [1.807, 2.05) is 24.3 Å². The number of para-hydroxylation sites is 1. The smallest absolute Gasteiger partial charge is 0.255 e. The number of hydrogen-bond donors (Lipinski definition) is 1. The van der Waals surface area contributed by atoms with Crippen LogP contribution in [-0.4, -0.2) is 18.0 Å². The summed E-state index contributed by atoms with van der Waals surface area (Å²) >= 11 is 12.2. The van der Waals surface area contributed by atoms with Gasteiger partial charge in [-0.3, -0.25) is 9.78 Å². The highest BCUT2D eigenvalue weighted by atomic mass is 35.5. The van der Waals surface area contributed by atoms with E-state index in [9.17, 15) is 4.79 Å². The number of ether oxygens (including phenoxy) is 1. The third kappa shape index (κ3) is 3.09. The molecule has 0 unspecified atom stereocenters. The van der Waals surface area contributed by atoms with Gasteiger partial charge in [0.2, 0.25) is 0 Å². The zero-order valence-corrected chi connectivity index (χ0v) is 13.7. The Morgan fingerprint density at radius 1 is 1.13 bits per heavy atom. The molecule has 23 heavy (non-hydrogen) atoms. The molecule has 4 nitrogen and oxygen atoms in total. The molecule has 6 heteroatoms. The van der Waals surface area contributed by atoms with Gasteiger partial charge in [-0.25, -0.2) is 0 Å². The summed E-state index contributed by atoms with van der Waals surface area (Å²) in [6, 6.07) is 12.4. The van der Waals surface area contributed by atoms with Crippen LogP contribution < -0.4 is 10.1 Å². The number of anilines is 1. The minimum absolute atomic E-state index is 0.279. The molecule has 0 aliphatic carbocycles.